The van der Waals surface area contributed by atoms with Crippen molar-refractivity contribution in [2.45, 2.75) is 33.3 Å². The summed E-state index contributed by atoms with van der Waals surface area (Å²) >= 11 is 1.56. The van der Waals surface area contributed by atoms with Gasteiger partial charge in [0.1, 0.15) is 11.1 Å². The minimum Gasteiger partial charge on any atom is -0.374 e. The highest BCUT2D eigenvalue weighted by molar-refractivity contribution is 7.09. The molecule has 1 aromatic heterocycles. The van der Waals surface area contributed by atoms with Crippen LogP contribution in [0.3, 0.4) is 0 Å². The molecule has 1 heterocycles. The third-order valence-corrected chi connectivity index (χ3v) is 4.19. The number of hydrogen-bond acceptors (Lipinski definition) is 4. The Labute approximate surface area is 130 Å². The van der Waals surface area contributed by atoms with Gasteiger partial charge in [0.05, 0.1) is 12.1 Å². The van der Waals surface area contributed by atoms with E-state index in [1.54, 1.807) is 18.4 Å². The number of carbonyl (C=O) groups is 1. The number of rotatable bonds is 5. The summed E-state index contributed by atoms with van der Waals surface area (Å²) < 4.78 is 5.57. The Hall–Kier alpha value is -1.52. The first-order valence-corrected chi connectivity index (χ1v) is 7.85. The van der Waals surface area contributed by atoms with Gasteiger partial charge in [-0.15, -0.1) is 11.3 Å². The molecular formula is C17H21NO2S. The maximum atomic E-state index is 12.2. The van der Waals surface area contributed by atoms with Gasteiger partial charge in [0.15, 0.2) is 5.78 Å². The van der Waals surface area contributed by atoms with E-state index >= 15 is 0 Å². The molecule has 4 heteroatoms. The highest BCUT2D eigenvalue weighted by atomic mass is 32.1. The van der Waals surface area contributed by atoms with E-state index in [0.717, 1.165) is 16.3 Å². The number of thiazole rings is 1. The molecule has 1 unspecified atom stereocenters. The van der Waals surface area contributed by atoms with Gasteiger partial charge in [-0.1, -0.05) is 51.1 Å². The minimum absolute atomic E-state index is 0.0205. The molecule has 0 aliphatic carbocycles. The lowest BCUT2D eigenvalue weighted by molar-refractivity contribution is 0.0149. The Kier molecular flexibility index (Phi) is 4.91. The zero-order chi connectivity index (χ0) is 15.5. The van der Waals surface area contributed by atoms with E-state index in [4.69, 9.17) is 4.74 Å². The molecule has 0 aliphatic rings. The monoisotopic (exact) mass is 303 g/mol. The average molecular weight is 303 g/mol. The predicted molar refractivity (Wildman–Crippen MR) is 85.8 cm³/mol. The molecule has 2 aromatic rings. The number of ether oxygens (including phenoxy) is 1. The van der Waals surface area contributed by atoms with Crippen molar-refractivity contribution in [1.82, 2.24) is 4.98 Å². The van der Waals surface area contributed by atoms with Crippen LogP contribution < -0.4 is 0 Å². The second kappa shape index (κ2) is 6.50. The first kappa shape index (κ1) is 15.9. The number of nitrogens with zero attached hydrogens (tertiary/aromatic N) is 1. The smallest absolute Gasteiger partial charge is 0.168 e. The van der Waals surface area contributed by atoms with Gasteiger partial charge in [0.25, 0.3) is 0 Å². The zero-order valence-electron chi connectivity index (χ0n) is 12.9. The predicted octanol–water partition coefficient (Wildman–Crippen LogP) is 4.30. The van der Waals surface area contributed by atoms with Crippen LogP contribution in [0.5, 0.6) is 0 Å². The summed E-state index contributed by atoms with van der Waals surface area (Å²) in [7, 11) is 1.70. The van der Waals surface area contributed by atoms with Gasteiger partial charge in [0.2, 0.25) is 0 Å². The Morgan fingerprint density at radius 2 is 1.95 bits per heavy atom. The van der Waals surface area contributed by atoms with Crippen LogP contribution in [0.15, 0.2) is 35.7 Å². The molecule has 112 valence electrons. The molecule has 0 spiro atoms. The Morgan fingerprint density at radius 1 is 1.29 bits per heavy atom. The van der Waals surface area contributed by atoms with Crippen molar-refractivity contribution in [3.05, 3.63) is 52.0 Å². The Bertz CT molecular complexity index is 599. The van der Waals surface area contributed by atoms with Crippen molar-refractivity contribution in [2.24, 2.45) is 5.41 Å². The maximum Gasteiger partial charge on any atom is 0.168 e. The topological polar surface area (TPSA) is 39.2 Å². The molecule has 1 atom stereocenters. The van der Waals surface area contributed by atoms with Crippen LogP contribution >= 0.6 is 11.3 Å². The van der Waals surface area contributed by atoms with Crippen LogP contribution in [0.4, 0.5) is 0 Å². The van der Waals surface area contributed by atoms with E-state index in [2.05, 4.69) is 25.8 Å². The van der Waals surface area contributed by atoms with Crippen LogP contribution in [-0.2, 0) is 11.2 Å². The summed E-state index contributed by atoms with van der Waals surface area (Å²) in [5, 5.41) is 2.88. The maximum absolute atomic E-state index is 12.2. The third kappa shape index (κ3) is 3.99. The van der Waals surface area contributed by atoms with E-state index in [1.807, 2.05) is 35.7 Å². The lowest BCUT2D eigenvalue weighted by Crippen LogP contribution is -2.20. The van der Waals surface area contributed by atoms with Gasteiger partial charge in [-0.3, -0.25) is 4.79 Å². The second-order valence-electron chi connectivity index (χ2n) is 6.12. The van der Waals surface area contributed by atoms with Crippen molar-refractivity contribution in [3.8, 4) is 0 Å². The molecule has 0 amide bonds. The minimum atomic E-state index is -0.0527. The summed E-state index contributed by atoms with van der Waals surface area (Å²) in [5.41, 5.74) is 1.52. The van der Waals surface area contributed by atoms with Crippen LogP contribution in [0.1, 0.15) is 47.9 Å². The first-order valence-electron chi connectivity index (χ1n) is 6.97. The van der Waals surface area contributed by atoms with Gasteiger partial charge in [-0.05, 0) is 5.41 Å². The second-order valence-corrected chi connectivity index (χ2v) is 7.01. The molecule has 0 radical (unpaired) electrons. The standard InChI is InChI=1S/C17H21NO2S/c1-17(2,3)15(20-4)16-18-13(11-21-16)10-14(19)12-8-6-5-7-9-12/h5-9,11,15H,10H2,1-4H3. The number of hydrogen-bond donors (Lipinski definition) is 0. The number of ketones is 1. The number of aromatic nitrogens is 1. The summed E-state index contributed by atoms with van der Waals surface area (Å²) in [6.45, 7) is 6.37. The fourth-order valence-corrected chi connectivity index (χ4v) is 3.38. The van der Waals surface area contributed by atoms with Crippen LogP contribution in [0, 0.1) is 5.41 Å². The molecule has 2 rings (SSSR count). The van der Waals surface area contributed by atoms with E-state index in [-0.39, 0.29) is 17.3 Å². The molecule has 0 fully saturated rings. The summed E-state index contributed by atoms with van der Waals surface area (Å²) in [6, 6.07) is 9.33. The summed E-state index contributed by atoms with van der Waals surface area (Å²) in [6.07, 6.45) is 0.282. The average Bonchev–Trinajstić information content (AvgIpc) is 2.87. The number of benzene rings is 1. The number of carbonyl (C=O) groups excluding carboxylic acids is 1. The Morgan fingerprint density at radius 3 is 2.52 bits per heavy atom. The van der Waals surface area contributed by atoms with Gasteiger partial charge in [-0.25, -0.2) is 4.98 Å². The molecule has 0 N–H and O–H groups in total. The molecule has 0 saturated carbocycles. The fraction of sp³-hybridized carbons (Fsp3) is 0.412. The molecule has 3 nitrogen and oxygen atoms in total. The molecule has 0 saturated heterocycles. The van der Waals surface area contributed by atoms with Crippen molar-refractivity contribution < 1.29 is 9.53 Å². The quantitative estimate of drug-likeness (QED) is 0.773. The SMILES string of the molecule is COC(c1nc(CC(=O)c2ccccc2)cs1)C(C)(C)C. The molecule has 21 heavy (non-hydrogen) atoms. The van der Waals surface area contributed by atoms with Gasteiger partial charge < -0.3 is 4.74 Å². The van der Waals surface area contributed by atoms with E-state index in [1.165, 1.54) is 0 Å². The largest absolute Gasteiger partial charge is 0.374 e. The molecular weight excluding hydrogens is 282 g/mol. The van der Waals surface area contributed by atoms with Gasteiger partial charge >= 0.3 is 0 Å². The van der Waals surface area contributed by atoms with Crippen molar-refractivity contribution in [3.63, 3.8) is 0 Å². The molecule has 1 aromatic carbocycles. The van der Waals surface area contributed by atoms with Gasteiger partial charge in [-0.2, -0.15) is 0 Å². The molecule has 0 aliphatic heterocycles. The van der Waals surface area contributed by atoms with Crippen molar-refractivity contribution in [1.29, 1.82) is 0 Å². The zero-order valence-corrected chi connectivity index (χ0v) is 13.7. The van der Waals surface area contributed by atoms with E-state index < -0.39 is 0 Å². The normalized spacial score (nSPS) is 13.1. The summed E-state index contributed by atoms with van der Waals surface area (Å²) in [4.78, 5) is 16.8. The van der Waals surface area contributed by atoms with E-state index in [0.29, 0.717) is 6.42 Å². The van der Waals surface area contributed by atoms with Crippen molar-refractivity contribution >= 4 is 17.1 Å². The lowest BCUT2D eigenvalue weighted by Gasteiger charge is -2.27. The highest BCUT2D eigenvalue weighted by Gasteiger charge is 2.28. The van der Waals surface area contributed by atoms with Crippen molar-refractivity contribution in [2.75, 3.05) is 7.11 Å². The lowest BCUT2D eigenvalue weighted by atomic mass is 9.89. The number of methoxy groups -OCH3 is 1. The molecule has 0 bridgehead atoms. The van der Waals surface area contributed by atoms with Gasteiger partial charge in [0, 0.05) is 18.1 Å². The Balaban J connectivity index is 2.12. The van der Waals surface area contributed by atoms with Crippen LogP contribution in [-0.4, -0.2) is 17.9 Å². The van der Waals surface area contributed by atoms with Crippen LogP contribution in [0.2, 0.25) is 0 Å². The third-order valence-electron chi connectivity index (χ3n) is 3.25. The fourth-order valence-electron chi connectivity index (χ4n) is 2.24. The van der Waals surface area contributed by atoms with Crippen LogP contribution in [0.25, 0.3) is 0 Å². The highest BCUT2D eigenvalue weighted by Crippen LogP contribution is 2.36. The first-order chi connectivity index (χ1) is 9.91. The number of Topliss-reactive ketones (excluding diaryl/α,β-unsaturated/α-hetero) is 1. The summed E-state index contributed by atoms with van der Waals surface area (Å²) in [5.74, 6) is 0.0946. The van der Waals surface area contributed by atoms with E-state index in [9.17, 15) is 4.79 Å².